The van der Waals surface area contributed by atoms with Gasteiger partial charge in [-0.05, 0) is 47.2 Å². The summed E-state index contributed by atoms with van der Waals surface area (Å²) in [6.07, 6.45) is 1.08. The molecule has 9 heteroatoms. The fourth-order valence-corrected chi connectivity index (χ4v) is 5.24. The van der Waals surface area contributed by atoms with E-state index in [2.05, 4.69) is 27.3 Å². The number of aldehydes is 1. The predicted molar refractivity (Wildman–Crippen MR) is 160 cm³/mol. The van der Waals surface area contributed by atoms with Crippen molar-refractivity contribution in [2.45, 2.75) is 32.9 Å². The van der Waals surface area contributed by atoms with Crippen LogP contribution in [0.5, 0.6) is 0 Å². The molecule has 41 heavy (non-hydrogen) atoms. The van der Waals surface area contributed by atoms with Gasteiger partial charge in [0.05, 0.1) is 13.2 Å². The molecule has 2 aliphatic heterocycles. The zero-order valence-electron chi connectivity index (χ0n) is 23.6. The number of carbonyl (C=O) groups excluding carboxylic acids is 2. The van der Waals surface area contributed by atoms with Crippen molar-refractivity contribution in [1.29, 1.82) is 5.41 Å². The molecule has 2 aromatic carbocycles. The highest BCUT2D eigenvalue weighted by Gasteiger charge is 2.29. The highest BCUT2D eigenvalue weighted by atomic mass is 16.6. The summed E-state index contributed by atoms with van der Waals surface area (Å²) in [5.41, 5.74) is 5.15. The number of nitrogens with one attached hydrogen (secondary N) is 2. The number of rotatable bonds is 9. The van der Waals surface area contributed by atoms with Gasteiger partial charge in [0.2, 0.25) is 0 Å². The number of anilines is 2. The Morgan fingerprint density at radius 3 is 2.54 bits per heavy atom. The molecular weight excluding hydrogens is 518 g/mol. The smallest absolute Gasteiger partial charge is 0.410 e. The summed E-state index contributed by atoms with van der Waals surface area (Å²) >= 11 is 0. The summed E-state index contributed by atoms with van der Waals surface area (Å²) in [5, 5.41) is 12.5. The zero-order valence-corrected chi connectivity index (χ0v) is 23.6. The minimum Gasteiger partial charge on any atom is -0.445 e. The highest BCUT2D eigenvalue weighted by molar-refractivity contribution is 6.09. The zero-order chi connectivity index (χ0) is 28.8. The summed E-state index contributed by atoms with van der Waals surface area (Å²) in [4.78, 5) is 33.3. The standard InChI is InChI=1S/C32H37N5O4/c1-22(2)30(33)29-28(24-8-10-27(11-9-24)36-14-16-40-17-15-36)18-26(20-38)35-31(29)34-25-12-13-37(19-25)32(39)41-21-23-6-4-3-5-7-23/h3-11,18,20,22,25,33H,12-17,19,21H2,1-2H3,(H,34,35). The second-order valence-electron chi connectivity index (χ2n) is 10.8. The van der Waals surface area contributed by atoms with Gasteiger partial charge in [0.15, 0.2) is 6.29 Å². The number of morpholine rings is 1. The maximum Gasteiger partial charge on any atom is 0.410 e. The molecule has 0 saturated carbocycles. The number of aromatic nitrogens is 1. The van der Waals surface area contributed by atoms with E-state index in [0.717, 1.165) is 41.8 Å². The predicted octanol–water partition coefficient (Wildman–Crippen LogP) is 5.24. The minimum absolute atomic E-state index is 0.0566. The maximum atomic E-state index is 12.7. The third kappa shape index (κ3) is 6.74. The number of ether oxygens (including phenoxy) is 2. The molecule has 1 aromatic heterocycles. The number of hydrogen-bond donors (Lipinski definition) is 2. The Labute approximate surface area is 241 Å². The van der Waals surface area contributed by atoms with Gasteiger partial charge in [-0.15, -0.1) is 0 Å². The lowest BCUT2D eigenvalue weighted by molar-refractivity contribution is 0.104. The molecule has 1 atom stereocenters. The number of likely N-dealkylation sites (tertiary alicyclic amines) is 1. The lowest BCUT2D eigenvalue weighted by Crippen LogP contribution is -2.36. The largest absolute Gasteiger partial charge is 0.445 e. The van der Waals surface area contributed by atoms with E-state index in [1.807, 2.05) is 56.3 Å². The summed E-state index contributed by atoms with van der Waals surface area (Å²) in [7, 11) is 0. The number of carbonyl (C=O) groups is 2. The van der Waals surface area contributed by atoms with E-state index in [-0.39, 0.29) is 30.4 Å². The molecule has 3 heterocycles. The summed E-state index contributed by atoms with van der Waals surface area (Å²) in [6.45, 7) is 8.28. The number of pyridine rings is 1. The summed E-state index contributed by atoms with van der Waals surface area (Å²) in [6, 6.07) is 19.5. The van der Waals surface area contributed by atoms with Crippen molar-refractivity contribution in [3.63, 3.8) is 0 Å². The second-order valence-corrected chi connectivity index (χ2v) is 10.8. The Morgan fingerprint density at radius 2 is 1.85 bits per heavy atom. The molecule has 9 nitrogen and oxygen atoms in total. The fraction of sp³-hybridized carbons (Fsp3) is 0.375. The van der Waals surface area contributed by atoms with E-state index in [0.29, 0.717) is 49.8 Å². The average Bonchev–Trinajstić information content (AvgIpc) is 3.48. The van der Waals surface area contributed by atoms with Gasteiger partial charge in [-0.1, -0.05) is 56.3 Å². The topological polar surface area (TPSA) is 108 Å². The molecular formula is C32H37N5O4. The van der Waals surface area contributed by atoms with Crippen molar-refractivity contribution in [1.82, 2.24) is 9.88 Å². The van der Waals surface area contributed by atoms with Crippen molar-refractivity contribution >= 4 is 29.6 Å². The van der Waals surface area contributed by atoms with Crippen molar-refractivity contribution in [2.24, 2.45) is 5.92 Å². The molecule has 2 N–H and O–H groups in total. The normalized spacial score (nSPS) is 17.0. The molecule has 0 spiro atoms. The number of nitrogens with zero attached hydrogens (tertiary/aromatic N) is 3. The monoisotopic (exact) mass is 555 g/mol. The van der Waals surface area contributed by atoms with E-state index in [1.165, 1.54) is 0 Å². The summed E-state index contributed by atoms with van der Waals surface area (Å²) < 4.78 is 11.0. The molecule has 2 saturated heterocycles. The minimum atomic E-state index is -0.357. The SMILES string of the molecule is CC(C)C(=N)c1c(-c2ccc(N3CCOCC3)cc2)cc(C=O)nc1NC1CCN(C(=O)OCc2ccccc2)C1. The van der Waals surface area contributed by atoms with Gasteiger partial charge < -0.3 is 30.0 Å². The van der Waals surface area contributed by atoms with Crippen LogP contribution in [0.25, 0.3) is 11.1 Å². The first-order valence-electron chi connectivity index (χ1n) is 14.2. The molecule has 214 valence electrons. The Morgan fingerprint density at radius 1 is 1.12 bits per heavy atom. The number of benzene rings is 2. The lowest BCUT2D eigenvalue weighted by atomic mass is 9.91. The van der Waals surface area contributed by atoms with E-state index >= 15 is 0 Å². The van der Waals surface area contributed by atoms with Crippen molar-refractivity contribution in [3.8, 4) is 11.1 Å². The molecule has 1 amide bonds. The van der Waals surface area contributed by atoms with Gasteiger partial charge in [0, 0.05) is 49.2 Å². The van der Waals surface area contributed by atoms with Crippen LogP contribution >= 0.6 is 0 Å². The Hall–Kier alpha value is -4.24. The van der Waals surface area contributed by atoms with Gasteiger partial charge >= 0.3 is 6.09 Å². The van der Waals surface area contributed by atoms with Crippen LogP contribution in [0.2, 0.25) is 0 Å². The van der Waals surface area contributed by atoms with Crippen LogP contribution in [0.3, 0.4) is 0 Å². The van der Waals surface area contributed by atoms with Crippen LogP contribution in [-0.2, 0) is 16.1 Å². The van der Waals surface area contributed by atoms with Crippen LogP contribution in [0.1, 0.15) is 41.9 Å². The van der Waals surface area contributed by atoms with Gasteiger partial charge in [0.25, 0.3) is 0 Å². The van der Waals surface area contributed by atoms with Crippen LogP contribution in [0, 0.1) is 11.3 Å². The van der Waals surface area contributed by atoms with Crippen LogP contribution in [-0.4, -0.2) is 73.4 Å². The molecule has 0 radical (unpaired) electrons. The number of amides is 1. The lowest BCUT2D eigenvalue weighted by Gasteiger charge is -2.29. The average molecular weight is 556 g/mol. The Balaban J connectivity index is 1.37. The van der Waals surface area contributed by atoms with E-state index in [9.17, 15) is 9.59 Å². The molecule has 3 aromatic rings. The van der Waals surface area contributed by atoms with E-state index in [4.69, 9.17) is 14.9 Å². The fourth-order valence-electron chi connectivity index (χ4n) is 5.24. The Bertz CT molecular complexity index is 1370. The van der Waals surface area contributed by atoms with E-state index in [1.54, 1.807) is 11.0 Å². The third-order valence-corrected chi connectivity index (χ3v) is 7.55. The third-order valence-electron chi connectivity index (χ3n) is 7.55. The number of hydrogen-bond acceptors (Lipinski definition) is 8. The van der Waals surface area contributed by atoms with Crippen LogP contribution < -0.4 is 10.2 Å². The van der Waals surface area contributed by atoms with E-state index < -0.39 is 0 Å². The summed E-state index contributed by atoms with van der Waals surface area (Å²) in [5.74, 6) is 0.434. The second kappa shape index (κ2) is 13.0. The Kier molecular flexibility index (Phi) is 8.94. The van der Waals surface area contributed by atoms with Gasteiger partial charge in [-0.25, -0.2) is 9.78 Å². The van der Waals surface area contributed by atoms with Gasteiger partial charge in [-0.2, -0.15) is 0 Å². The molecule has 2 fully saturated rings. The first-order chi connectivity index (χ1) is 19.9. The molecule has 0 bridgehead atoms. The van der Waals surface area contributed by atoms with Gasteiger partial charge in [-0.3, -0.25) is 4.79 Å². The van der Waals surface area contributed by atoms with Crippen LogP contribution in [0.15, 0.2) is 60.7 Å². The highest BCUT2D eigenvalue weighted by Crippen LogP contribution is 2.33. The van der Waals surface area contributed by atoms with Crippen molar-refractivity contribution in [3.05, 3.63) is 77.5 Å². The molecule has 1 unspecified atom stereocenters. The van der Waals surface area contributed by atoms with Crippen molar-refractivity contribution in [2.75, 3.05) is 49.6 Å². The molecule has 2 aliphatic rings. The van der Waals surface area contributed by atoms with Crippen molar-refractivity contribution < 1.29 is 19.1 Å². The quantitative estimate of drug-likeness (QED) is 0.274. The van der Waals surface area contributed by atoms with Crippen LogP contribution in [0.4, 0.5) is 16.3 Å². The van der Waals surface area contributed by atoms with Gasteiger partial charge in [0.1, 0.15) is 18.1 Å². The first-order valence-corrected chi connectivity index (χ1v) is 14.2. The molecule has 5 rings (SSSR count). The molecule has 0 aliphatic carbocycles. The first kappa shape index (κ1) is 28.3. The maximum absolute atomic E-state index is 12.7.